The lowest BCUT2D eigenvalue weighted by molar-refractivity contribution is -0.109. The Balaban J connectivity index is 1.50. The smallest absolute Gasteiger partial charge is 0.189 e. The zero-order chi connectivity index (χ0) is 14.9. The summed E-state index contributed by atoms with van der Waals surface area (Å²) in [5.41, 5.74) is 1.34. The van der Waals surface area contributed by atoms with Gasteiger partial charge in [0.05, 0.1) is 5.60 Å². The maximum absolute atomic E-state index is 6.05. The fourth-order valence-corrected chi connectivity index (χ4v) is 3.58. The predicted molar refractivity (Wildman–Crippen MR) is 85.5 cm³/mol. The van der Waals surface area contributed by atoms with Gasteiger partial charge in [-0.3, -0.25) is 0 Å². The van der Waals surface area contributed by atoms with E-state index in [-0.39, 0.29) is 5.60 Å². The van der Waals surface area contributed by atoms with E-state index >= 15 is 0 Å². The number of hydrogen-bond acceptors (Lipinski definition) is 2. The lowest BCUT2D eigenvalue weighted by Gasteiger charge is -2.31. The lowest BCUT2D eigenvalue weighted by atomic mass is 9.90. The van der Waals surface area contributed by atoms with Crippen molar-refractivity contribution in [2.75, 3.05) is 6.79 Å². The monoisotopic (exact) mass is 286 g/mol. The molecule has 0 heterocycles. The average molecular weight is 286 g/mol. The minimum Gasteiger partial charge on any atom is -0.468 e. The molecule has 4 unspecified atom stereocenters. The van der Waals surface area contributed by atoms with Crippen molar-refractivity contribution >= 4 is 0 Å². The molecule has 2 aliphatic carbocycles. The van der Waals surface area contributed by atoms with Gasteiger partial charge in [-0.25, -0.2) is 0 Å². The van der Waals surface area contributed by atoms with Crippen LogP contribution < -0.4 is 4.74 Å². The molecule has 0 saturated heterocycles. The molecular weight excluding hydrogens is 260 g/mol. The Morgan fingerprint density at radius 2 is 2.00 bits per heavy atom. The molecule has 1 saturated carbocycles. The molecule has 0 N–H and O–H groups in total. The number of ether oxygens (including phenoxy) is 2. The largest absolute Gasteiger partial charge is 0.468 e. The van der Waals surface area contributed by atoms with Crippen LogP contribution in [0.25, 0.3) is 0 Å². The zero-order valence-electron chi connectivity index (χ0n) is 13.3. The van der Waals surface area contributed by atoms with Crippen LogP contribution in [0.3, 0.4) is 0 Å². The van der Waals surface area contributed by atoms with Crippen LogP contribution >= 0.6 is 0 Å². The van der Waals surface area contributed by atoms with E-state index in [0.717, 1.165) is 24.5 Å². The highest BCUT2D eigenvalue weighted by Crippen LogP contribution is 2.48. The third kappa shape index (κ3) is 3.01. The van der Waals surface area contributed by atoms with Crippen LogP contribution in [-0.4, -0.2) is 12.4 Å². The van der Waals surface area contributed by atoms with Gasteiger partial charge in [0, 0.05) is 5.92 Å². The summed E-state index contributed by atoms with van der Waals surface area (Å²) in [6.45, 7) is 7.03. The van der Waals surface area contributed by atoms with Crippen LogP contribution in [0.15, 0.2) is 36.4 Å². The molecule has 0 spiro atoms. The minimum atomic E-state index is -0.0317. The van der Waals surface area contributed by atoms with Crippen molar-refractivity contribution in [1.82, 2.24) is 0 Å². The Labute approximate surface area is 128 Å². The molecular formula is C19H26O2. The first kappa shape index (κ1) is 14.6. The van der Waals surface area contributed by atoms with Gasteiger partial charge < -0.3 is 9.47 Å². The molecule has 3 rings (SSSR count). The Morgan fingerprint density at radius 1 is 1.24 bits per heavy atom. The second-order valence-corrected chi connectivity index (χ2v) is 6.79. The minimum absolute atomic E-state index is 0.0317. The fourth-order valence-electron chi connectivity index (χ4n) is 3.58. The van der Waals surface area contributed by atoms with Crippen LogP contribution in [0, 0.1) is 11.8 Å². The second-order valence-electron chi connectivity index (χ2n) is 6.79. The summed E-state index contributed by atoms with van der Waals surface area (Å²) in [4.78, 5) is 0. The van der Waals surface area contributed by atoms with Gasteiger partial charge in [-0.1, -0.05) is 38.1 Å². The van der Waals surface area contributed by atoms with Crippen molar-refractivity contribution in [3.8, 4) is 5.75 Å². The van der Waals surface area contributed by atoms with Gasteiger partial charge in [-0.2, -0.15) is 0 Å². The summed E-state index contributed by atoms with van der Waals surface area (Å²) >= 11 is 0. The number of benzene rings is 1. The molecule has 4 atom stereocenters. The highest BCUT2D eigenvalue weighted by molar-refractivity contribution is 5.29. The summed E-state index contributed by atoms with van der Waals surface area (Å²) in [7, 11) is 0. The van der Waals surface area contributed by atoms with Gasteiger partial charge in [0.25, 0.3) is 0 Å². The van der Waals surface area contributed by atoms with Crippen molar-refractivity contribution in [3.63, 3.8) is 0 Å². The van der Waals surface area contributed by atoms with E-state index in [4.69, 9.17) is 9.47 Å². The number of rotatable bonds is 6. The standard InChI is InChI=1S/C19H26O2/c1-4-14(2)16-6-9-18(10-7-16)20-13-21-19(3)12-15-5-8-17(19)11-15/h5-10,14-15,17H,4,11-13H2,1-3H3. The van der Waals surface area contributed by atoms with Gasteiger partial charge in [0.2, 0.25) is 0 Å². The van der Waals surface area contributed by atoms with Crippen LogP contribution in [0.4, 0.5) is 0 Å². The number of allylic oxidation sites excluding steroid dienone is 1. The summed E-state index contributed by atoms with van der Waals surface area (Å²) < 4.78 is 11.8. The number of hydrogen-bond donors (Lipinski definition) is 0. The summed E-state index contributed by atoms with van der Waals surface area (Å²) in [5, 5.41) is 0. The average Bonchev–Trinajstić information content (AvgIpc) is 3.07. The van der Waals surface area contributed by atoms with Crippen molar-refractivity contribution < 1.29 is 9.47 Å². The molecule has 114 valence electrons. The van der Waals surface area contributed by atoms with E-state index in [9.17, 15) is 0 Å². The molecule has 2 aliphatic rings. The number of fused-ring (bicyclic) bond motifs is 2. The fraction of sp³-hybridized carbons (Fsp3) is 0.579. The second kappa shape index (κ2) is 5.84. The molecule has 1 aromatic rings. The topological polar surface area (TPSA) is 18.5 Å². The lowest BCUT2D eigenvalue weighted by Crippen LogP contribution is -2.34. The maximum atomic E-state index is 6.05. The van der Waals surface area contributed by atoms with E-state index in [1.165, 1.54) is 12.0 Å². The van der Waals surface area contributed by atoms with Crippen molar-refractivity contribution in [2.24, 2.45) is 11.8 Å². The van der Waals surface area contributed by atoms with E-state index in [1.54, 1.807) is 0 Å². The molecule has 0 aromatic heterocycles. The van der Waals surface area contributed by atoms with E-state index in [0.29, 0.717) is 18.6 Å². The first-order valence-electron chi connectivity index (χ1n) is 8.16. The van der Waals surface area contributed by atoms with Crippen LogP contribution in [0.5, 0.6) is 5.75 Å². The molecule has 0 radical (unpaired) electrons. The Morgan fingerprint density at radius 3 is 2.57 bits per heavy atom. The van der Waals surface area contributed by atoms with Crippen LogP contribution in [0.1, 0.15) is 51.5 Å². The van der Waals surface area contributed by atoms with Crippen molar-refractivity contribution in [2.45, 2.75) is 51.6 Å². The molecule has 1 fully saturated rings. The Hall–Kier alpha value is -1.28. The van der Waals surface area contributed by atoms with Crippen molar-refractivity contribution in [1.29, 1.82) is 0 Å². The van der Waals surface area contributed by atoms with E-state index < -0.39 is 0 Å². The quantitative estimate of drug-likeness (QED) is 0.546. The normalized spacial score (nSPS) is 31.6. The maximum Gasteiger partial charge on any atom is 0.189 e. The highest BCUT2D eigenvalue weighted by Gasteiger charge is 2.46. The summed E-state index contributed by atoms with van der Waals surface area (Å²) in [6, 6.07) is 8.42. The van der Waals surface area contributed by atoms with Gasteiger partial charge >= 0.3 is 0 Å². The summed E-state index contributed by atoms with van der Waals surface area (Å²) in [6.07, 6.45) is 8.20. The van der Waals surface area contributed by atoms with Gasteiger partial charge in [-0.05, 0) is 55.7 Å². The molecule has 2 nitrogen and oxygen atoms in total. The van der Waals surface area contributed by atoms with Gasteiger partial charge in [-0.15, -0.1) is 0 Å². The Bertz CT molecular complexity index is 505. The van der Waals surface area contributed by atoms with Gasteiger partial charge in [0.15, 0.2) is 6.79 Å². The first-order valence-corrected chi connectivity index (χ1v) is 8.16. The summed E-state index contributed by atoms with van der Waals surface area (Å²) in [5.74, 6) is 2.79. The molecule has 0 amide bonds. The molecule has 2 heteroatoms. The van der Waals surface area contributed by atoms with E-state index in [1.807, 2.05) is 12.1 Å². The molecule has 0 aliphatic heterocycles. The SMILES string of the molecule is CCC(C)c1ccc(OCOC2(C)CC3C=CC2C3)cc1. The van der Waals surface area contributed by atoms with Crippen LogP contribution in [0.2, 0.25) is 0 Å². The van der Waals surface area contributed by atoms with Crippen molar-refractivity contribution in [3.05, 3.63) is 42.0 Å². The third-order valence-electron chi connectivity index (χ3n) is 5.30. The van der Waals surface area contributed by atoms with Gasteiger partial charge in [0.1, 0.15) is 5.75 Å². The molecule has 21 heavy (non-hydrogen) atoms. The first-order chi connectivity index (χ1) is 10.1. The zero-order valence-corrected chi connectivity index (χ0v) is 13.3. The Kier molecular flexibility index (Phi) is 4.08. The van der Waals surface area contributed by atoms with E-state index in [2.05, 4.69) is 45.1 Å². The highest BCUT2D eigenvalue weighted by atomic mass is 16.7. The third-order valence-corrected chi connectivity index (χ3v) is 5.30. The molecule has 2 bridgehead atoms. The predicted octanol–water partition coefficient (Wildman–Crippen LogP) is 4.91. The molecule has 1 aromatic carbocycles. The van der Waals surface area contributed by atoms with Crippen LogP contribution in [-0.2, 0) is 4.74 Å².